The quantitative estimate of drug-likeness (QED) is 0.745. The third-order valence-corrected chi connectivity index (χ3v) is 4.89. The number of benzene rings is 1. The first kappa shape index (κ1) is 17.5. The summed E-state index contributed by atoms with van der Waals surface area (Å²) in [7, 11) is 1.58. The molecule has 4 rings (SSSR count). The smallest absolute Gasteiger partial charge is 0.160 e. The van der Waals surface area contributed by atoms with Crippen molar-refractivity contribution in [3.8, 4) is 17.1 Å². The van der Waals surface area contributed by atoms with E-state index in [9.17, 15) is 4.39 Å². The summed E-state index contributed by atoms with van der Waals surface area (Å²) >= 11 is 0. The number of fused-ring (bicyclic) bond motifs is 1. The lowest BCUT2D eigenvalue weighted by atomic mass is 9.92. The van der Waals surface area contributed by atoms with Crippen molar-refractivity contribution >= 4 is 0 Å². The molecule has 1 aromatic carbocycles. The predicted octanol–water partition coefficient (Wildman–Crippen LogP) is 3.85. The minimum Gasteiger partial charge on any atom is -0.497 e. The molecular formula is C21H21FN4O. The number of nitrogens with one attached hydrogen (secondary N) is 1. The van der Waals surface area contributed by atoms with Crippen LogP contribution < -0.4 is 10.1 Å². The number of halogens is 1. The molecule has 2 heterocycles. The molecule has 6 heteroatoms. The van der Waals surface area contributed by atoms with Gasteiger partial charge in [0.05, 0.1) is 7.11 Å². The highest BCUT2D eigenvalue weighted by molar-refractivity contribution is 5.53. The molecular weight excluding hydrogens is 343 g/mol. The summed E-state index contributed by atoms with van der Waals surface area (Å²) in [5.41, 5.74) is 3.65. The van der Waals surface area contributed by atoms with Gasteiger partial charge < -0.3 is 10.1 Å². The van der Waals surface area contributed by atoms with Gasteiger partial charge in [0.15, 0.2) is 5.82 Å². The summed E-state index contributed by atoms with van der Waals surface area (Å²) < 4.78 is 19.3. The van der Waals surface area contributed by atoms with Crippen molar-refractivity contribution in [2.24, 2.45) is 0 Å². The van der Waals surface area contributed by atoms with E-state index in [1.165, 1.54) is 6.07 Å². The van der Waals surface area contributed by atoms with Gasteiger partial charge in [0.1, 0.15) is 11.6 Å². The van der Waals surface area contributed by atoms with Gasteiger partial charge in [0.25, 0.3) is 0 Å². The number of rotatable bonds is 5. The number of aryl methyl sites for hydroxylation is 1. The van der Waals surface area contributed by atoms with E-state index in [-0.39, 0.29) is 11.9 Å². The van der Waals surface area contributed by atoms with E-state index in [0.717, 1.165) is 36.1 Å². The van der Waals surface area contributed by atoms with Crippen LogP contribution in [-0.2, 0) is 13.0 Å². The van der Waals surface area contributed by atoms with E-state index >= 15 is 0 Å². The molecule has 5 nitrogen and oxygen atoms in total. The number of aromatic nitrogens is 3. The Kier molecular flexibility index (Phi) is 5.07. The maximum absolute atomic E-state index is 14.1. The second-order valence-electron chi connectivity index (χ2n) is 6.62. The third kappa shape index (κ3) is 3.80. The Labute approximate surface area is 157 Å². The zero-order valence-corrected chi connectivity index (χ0v) is 15.2. The molecule has 0 aliphatic heterocycles. The Morgan fingerprint density at radius 2 is 2.19 bits per heavy atom. The lowest BCUT2D eigenvalue weighted by Crippen LogP contribution is -2.26. The fourth-order valence-electron chi connectivity index (χ4n) is 3.44. The minimum absolute atomic E-state index is 0.113. The highest BCUT2D eigenvalue weighted by atomic mass is 19.1. The zero-order chi connectivity index (χ0) is 18.6. The molecule has 0 radical (unpaired) electrons. The second-order valence-corrected chi connectivity index (χ2v) is 6.62. The lowest BCUT2D eigenvalue weighted by molar-refractivity contribution is 0.410. The fraction of sp³-hybridized carbons (Fsp3) is 0.286. The van der Waals surface area contributed by atoms with Gasteiger partial charge in [-0.05, 0) is 49.6 Å². The van der Waals surface area contributed by atoms with E-state index in [2.05, 4.69) is 15.3 Å². The Hall–Kier alpha value is -2.86. The number of nitrogens with zero attached hydrogens (tertiary/aromatic N) is 3. The molecule has 27 heavy (non-hydrogen) atoms. The van der Waals surface area contributed by atoms with Crippen LogP contribution in [0, 0.1) is 5.82 Å². The Balaban J connectivity index is 1.53. The number of hydrogen-bond acceptors (Lipinski definition) is 5. The van der Waals surface area contributed by atoms with Gasteiger partial charge in [-0.3, -0.25) is 4.98 Å². The normalized spacial score (nSPS) is 16.0. The SMILES string of the molecule is COc1ccc(F)c(CN[C@H]2CCCc3nc(-c4cccnc4)ncc32)c1. The summed E-state index contributed by atoms with van der Waals surface area (Å²) in [4.78, 5) is 13.4. The van der Waals surface area contributed by atoms with E-state index < -0.39 is 0 Å². The van der Waals surface area contributed by atoms with Crippen molar-refractivity contribution in [3.05, 3.63) is 71.6 Å². The van der Waals surface area contributed by atoms with Gasteiger partial charge in [-0.2, -0.15) is 0 Å². The number of hydrogen-bond donors (Lipinski definition) is 1. The van der Waals surface area contributed by atoms with Crippen LogP contribution in [0.3, 0.4) is 0 Å². The zero-order valence-electron chi connectivity index (χ0n) is 15.2. The molecule has 0 saturated heterocycles. The molecule has 0 unspecified atom stereocenters. The fourth-order valence-corrected chi connectivity index (χ4v) is 3.44. The molecule has 3 aromatic rings. The summed E-state index contributed by atoms with van der Waals surface area (Å²) in [6.07, 6.45) is 8.34. The molecule has 2 aromatic heterocycles. The second kappa shape index (κ2) is 7.80. The number of pyridine rings is 1. The molecule has 0 spiro atoms. The molecule has 0 saturated carbocycles. The first-order chi connectivity index (χ1) is 13.2. The van der Waals surface area contributed by atoms with E-state index in [1.807, 2.05) is 18.3 Å². The maximum atomic E-state index is 14.1. The molecule has 1 aliphatic carbocycles. The highest BCUT2D eigenvalue weighted by Gasteiger charge is 2.22. The Morgan fingerprint density at radius 1 is 1.26 bits per heavy atom. The van der Waals surface area contributed by atoms with Crippen LogP contribution >= 0.6 is 0 Å². The molecule has 0 amide bonds. The van der Waals surface area contributed by atoms with Crippen LogP contribution in [0.1, 0.15) is 35.7 Å². The largest absolute Gasteiger partial charge is 0.497 e. The monoisotopic (exact) mass is 364 g/mol. The van der Waals surface area contributed by atoms with Crippen molar-refractivity contribution in [1.82, 2.24) is 20.3 Å². The van der Waals surface area contributed by atoms with Crippen molar-refractivity contribution in [3.63, 3.8) is 0 Å². The molecule has 0 fully saturated rings. The average Bonchev–Trinajstić information content (AvgIpc) is 2.73. The van der Waals surface area contributed by atoms with Crippen LogP contribution in [0.25, 0.3) is 11.4 Å². The van der Waals surface area contributed by atoms with Gasteiger partial charge in [-0.15, -0.1) is 0 Å². The average molecular weight is 364 g/mol. The van der Waals surface area contributed by atoms with Gasteiger partial charge >= 0.3 is 0 Å². The van der Waals surface area contributed by atoms with E-state index in [1.54, 1.807) is 31.6 Å². The topological polar surface area (TPSA) is 59.9 Å². The van der Waals surface area contributed by atoms with Crippen LogP contribution in [0.5, 0.6) is 5.75 Å². The standard InChI is InChI=1S/C21H21FN4O/c1-27-16-7-8-18(22)15(10-16)12-24-19-5-2-6-20-17(19)13-25-21(26-20)14-4-3-9-23-11-14/h3-4,7-11,13,19,24H,2,5-6,12H2,1H3/t19-/m0/s1. The number of ether oxygens (including phenoxy) is 1. The first-order valence-electron chi connectivity index (χ1n) is 9.06. The molecule has 0 bridgehead atoms. The van der Waals surface area contributed by atoms with Crippen LogP contribution in [-0.4, -0.2) is 22.1 Å². The molecule has 1 atom stereocenters. The van der Waals surface area contributed by atoms with Gasteiger partial charge in [0.2, 0.25) is 0 Å². The van der Waals surface area contributed by atoms with Gasteiger partial charge in [-0.25, -0.2) is 14.4 Å². The summed E-state index contributed by atoms with van der Waals surface area (Å²) in [6, 6.07) is 8.75. The lowest BCUT2D eigenvalue weighted by Gasteiger charge is -2.26. The molecule has 1 aliphatic rings. The third-order valence-electron chi connectivity index (χ3n) is 4.89. The van der Waals surface area contributed by atoms with Crippen molar-refractivity contribution in [2.45, 2.75) is 31.8 Å². The Bertz CT molecular complexity index is 933. The Morgan fingerprint density at radius 3 is 3.00 bits per heavy atom. The van der Waals surface area contributed by atoms with Gasteiger partial charge in [-0.1, -0.05) is 0 Å². The maximum Gasteiger partial charge on any atom is 0.160 e. The van der Waals surface area contributed by atoms with Crippen molar-refractivity contribution < 1.29 is 9.13 Å². The van der Waals surface area contributed by atoms with E-state index in [4.69, 9.17) is 9.72 Å². The molecule has 138 valence electrons. The van der Waals surface area contributed by atoms with Crippen molar-refractivity contribution in [1.29, 1.82) is 0 Å². The van der Waals surface area contributed by atoms with Gasteiger partial charge in [0, 0.05) is 53.6 Å². The first-order valence-corrected chi connectivity index (χ1v) is 9.06. The predicted molar refractivity (Wildman–Crippen MR) is 101 cm³/mol. The number of methoxy groups -OCH3 is 1. The van der Waals surface area contributed by atoms with E-state index in [0.29, 0.717) is 23.7 Å². The summed E-state index contributed by atoms with van der Waals surface area (Å²) in [6.45, 7) is 0.428. The van der Waals surface area contributed by atoms with Crippen molar-refractivity contribution in [2.75, 3.05) is 7.11 Å². The molecule has 1 N–H and O–H groups in total. The van der Waals surface area contributed by atoms with Crippen LogP contribution in [0.4, 0.5) is 4.39 Å². The highest BCUT2D eigenvalue weighted by Crippen LogP contribution is 2.30. The summed E-state index contributed by atoms with van der Waals surface area (Å²) in [5, 5.41) is 3.46. The summed E-state index contributed by atoms with van der Waals surface area (Å²) in [5.74, 6) is 1.12. The minimum atomic E-state index is -0.234. The van der Waals surface area contributed by atoms with Crippen LogP contribution in [0.2, 0.25) is 0 Å². The van der Waals surface area contributed by atoms with Crippen LogP contribution in [0.15, 0.2) is 48.9 Å².